The first-order valence-corrected chi connectivity index (χ1v) is 14.8. The molecule has 1 saturated heterocycles. The Morgan fingerprint density at radius 3 is 2.45 bits per heavy atom. The van der Waals surface area contributed by atoms with Crippen molar-refractivity contribution in [2.45, 2.75) is 49.2 Å². The van der Waals surface area contributed by atoms with Crippen LogP contribution in [0.5, 0.6) is 0 Å². The number of hydrogen-bond donors (Lipinski definition) is 1. The van der Waals surface area contributed by atoms with Gasteiger partial charge >= 0.3 is 5.97 Å². The van der Waals surface area contributed by atoms with Crippen molar-refractivity contribution in [3.63, 3.8) is 0 Å². The number of nitrogens with zero attached hydrogens (tertiary/aromatic N) is 4. The summed E-state index contributed by atoms with van der Waals surface area (Å²) in [6, 6.07) is 10.8. The molecule has 0 saturated carbocycles. The fourth-order valence-electron chi connectivity index (χ4n) is 5.17. The number of anilines is 2. The monoisotopic (exact) mass is 640 g/mol. The van der Waals surface area contributed by atoms with Crippen LogP contribution in [0.15, 0.2) is 58.2 Å². The first-order chi connectivity index (χ1) is 17.9. The van der Waals surface area contributed by atoms with Crippen molar-refractivity contribution < 1.29 is 23.1 Å². The zero-order valence-corrected chi connectivity index (χ0v) is 24.1. The number of amides is 1. The number of imidazole rings is 1. The highest BCUT2D eigenvalue weighted by atomic mass is 79.9. The van der Waals surface area contributed by atoms with Gasteiger partial charge in [-0.15, -0.1) is 0 Å². The van der Waals surface area contributed by atoms with Gasteiger partial charge in [0.2, 0.25) is 5.95 Å². The lowest BCUT2D eigenvalue weighted by Crippen LogP contribution is -2.49. The molecule has 2 aromatic carbocycles. The molecule has 1 amide bonds. The molecule has 2 aliphatic rings. The van der Waals surface area contributed by atoms with Gasteiger partial charge in [0.05, 0.1) is 11.9 Å². The summed E-state index contributed by atoms with van der Waals surface area (Å²) in [5.74, 6) is -1.56. The zero-order chi connectivity index (χ0) is 27.4. The van der Waals surface area contributed by atoms with E-state index in [-0.39, 0.29) is 30.4 Å². The zero-order valence-electron chi connectivity index (χ0n) is 20.1. The molecular weight excluding hydrogens is 619 g/mol. The van der Waals surface area contributed by atoms with E-state index in [1.165, 1.54) is 21.7 Å². The fraction of sp³-hybridized carbons (Fsp3) is 0.320. The van der Waals surface area contributed by atoms with E-state index >= 15 is 0 Å². The van der Waals surface area contributed by atoms with Gasteiger partial charge in [-0.25, -0.2) is 18.3 Å². The van der Waals surface area contributed by atoms with Crippen LogP contribution in [0.25, 0.3) is 0 Å². The molecule has 9 nitrogen and oxygen atoms in total. The van der Waals surface area contributed by atoms with E-state index in [1.54, 1.807) is 19.1 Å². The molecule has 13 heteroatoms. The summed E-state index contributed by atoms with van der Waals surface area (Å²) in [6.07, 6.45) is 2.68. The summed E-state index contributed by atoms with van der Waals surface area (Å²) in [4.78, 5) is 31.8. The Bertz CT molecular complexity index is 1530. The van der Waals surface area contributed by atoms with Crippen LogP contribution in [0, 0.1) is 0 Å². The number of piperidine rings is 1. The molecule has 1 fully saturated rings. The first-order valence-electron chi connectivity index (χ1n) is 11.8. The molecule has 0 radical (unpaired) electrons. The predicted octanol–water partition coefficient (Wildman–Crippen LogP) is 5.22. The third-order valence-electron chi connectivity index (χ3n) is 6.95. The van der Waals surface area contributed by atoms with Crippen molar-refractivity contribution in [2.75, 3.05) is 11.4 Å². The lowest BCUT2D eigenvalue weighted by atomic mass is 9.92. The molecule has 2 atom stereocenters. The molecule has 3 heterocycles. The van der Waals surface area contributed by atoms with Crippen molar-refractivity contribution in [1.82, 2.24) is 13.9 Å². The Kier molecular flexibility index (Phi) is 7.10. The summed E-state index contributed by atoms with van der Waals surface area (Å²) in [5.41, 5.74) is -0.283. The Hall–Kier alpha value is -2.44. The summed E-state index contributed by atoms with van der Waals surface area (Å²) >= 11 is 15.9. The quantitative estimate of drug-likeness (QED) is 0.395. The molecular formula is C25H23BrCl2N4O5S. The van der Waals surface area contributed by atoms with E-state index in [1.807, 2.05) is 24.3 Å². The summed E-state index contributed by atoms with van der Waals surface area (Å²) < 4.78 is 31.2. The number of halogens is 3. The maximum absolute atomic E-state index is 14.1. The van der Waals surface area contributed by atoms with Gasteiger partial charge in [0.15, 0.2) is 5.03 Å². The van der Waals surface area contributed by atoms with Gasteiger partial charge in [0, 0.05) is 27.5 Å². The Balaban J connectivity index is 1.70. The van der Waals surface area contributed by atoms with Gasteiger partial charge in [-0.05, 0) is 62.1 Å². The van der Waals surface area contributed by atoms with Crippen molar-refractivity contribution >= 4 is 72.7 Å². The highest BCUT2D eigenvalue weighted by Gasteiger charge is 2.53. The van der Waals surface area contributed by atoms with Gasteiger partial charge < -0.3 is 5.11 Å². The molecule has 1 aromatic heterocycles. The van der Waals surface area contributed by atoms with Crippen LogP contribution in [0.1, 0.15) is 31.7 Å². The molecule has 2 aliphatic heterocycles. The van der Waals surface area contributed by atoms with Crippen molar-refractivity contribution in [3.8, 4) is 0 Å². The smallest absolute Gasteiger partial charge is 0.322 e. The van der Waals surface area contributed by atoms with Crippen LogP contribution in [-0.2, 0) is 31.6 Å². The van der Waals surface area contributed by atoms with Crippen LogP contribution >= 0.6 is 39.1 Å². The minimum Gasteiger partial charge on any atom is -0.480 e. The average molecular weight is 642 g/mol. The van der Waals surface area contributed by atoms with E-state index in [2.05, 4.69) is 20.9 Å². The average Bonchev–Trinajstić information content (AvgIpc) is 3.38. The van der Waals surface area contributed by atoms with Crippen LogP contribution in [-0.4, -0.2) is 51.8 Å². The number of aromatic nitrogens is 2. The Morgan fingerprint density at radius 1 is 1.16 bits per heavy atom. The molecule has 3 aromatic rings. The van der Waals surface area contributed by atoms with Gasteiger partial charge in [-0.2, -0.15) is 4.31 Å². The van der Waals surface area contributed by atoms with Crippen LogP contribution in [0.3, 0.4) is 0 Å². The fourth-order valence-corrected chi connectivity index (χ4v) is 7.79. The topological polar surface area (TPSA) is 113 Å². The van der Waals surface area contributed by atoms with Gasteiger partial charge in [0.1, 0.15) is 11.6 Å². The van der Waals surface area contributed by atoms with Crippen molar-refractivity contribution in [2.24, 2.45) is 0 Å². The minimum atomic E-state index is -4.34. The van der Waals surface area contributed by atoms with E-state index in [4.69, 9.17) is 23.2 Å². The number of aliphatic carboxylic acids is 1. The maximum atomic E-state index is 14.1. The number of hydrogen-bond acceptors (Lipinski definition) is 5. The molecule has 0 spiro atoms. The van der Waals surface area contributed by atoms with Gasteiger partial charge in [-0.1, -0.05) is 51.3 Å². The summed E-state index contributed by atoms with van der Waals surface area (Å²) in [5, 5.41) is 10.1. The van der Waals surface area contributed by atoms with Gasteiger partial charge in [0.25, 0.3) is 15.9 Å². The summed E-state index contributed by atoms with van der Waals surface area (Å²) in [7, 11) is -4.34. The molecule has 38 heavy (non-hydrogen) atoms. The standard InChI is InChI=1S/C25H23BrCl2N4O5S/c1-25(13-15-5-7-16(26)8-6-15)23(35)31(19-11-17(27)10-18(28)12-19)24-29-14-21(32(24)25)38(36,37)30-9-3-2-4-20(30)22(33)34/h5-8,10-12,14,20H,2-4,9,13H2,1H3,(H,33,34)/t20?,25-/m1/s1. The molecule has 1 unspecified atom stereocenters. The van der Waals surface area contributed by atoms with Crippen LogP contribution in [0.4, 0.5) is 11.6 Å². The predicted molar refractivity (Wildman–Crippen MR) is 146 cm³/mol. The lowest BCUT2D eigenvalue weighted by molar-refractivity contribution is -0.142. The number of benzene rings is 2. The van der Waals surface area contributed by atoms with Crippen LogP contribution in [0.2, 0.25) is 10.0 Å². The second kappa shape index (κ2) is 9.95. The van der Waals surface area contributed by atoms with E-state index < -0.39 is 33.5 Å². The Morgan fingerprint density at radius 2 is 1.82 bits per heavy atom. The maximum Gasteiger partial charge on any atom is 0.322 e. The normalized spacial score (nSPS) is 22.1. The molecule has 200 valence electrons. The second-order valence-electron chi connectivity index (χ2n) is 9.54. The van der Waals surface area contributed by atoms with E-state index in [0.29, 0.717) is 28.6 Å². The SMILES string of the molecule is C[C@@]1(Cc2ccc(Br)cc2)C(=O)N(c2cc(Cl)cc(Cl)c2)c2ncc(S(=O)(=O)N3CCCCC3C(=O)O)n21. The minimum absolute atomic E-state index is 0.0603. The number of carbonyl (C=O) groups excluding carboxylic acids is 1. The largest absolute Gasteiger partial charge is 0.480 e. The highest BCUT2D eigenvalue weighted by Crippen LogP contribution is 2.45. The third-order valence-corrected chi connectivity index (χ3v) is 9.78. The molecule has 0 bridgehead atoms. The molecule has 0 aliphatic carbocycles. The van der Waals surface area contributed by atoms with Crippen LogP contribution < -0.4 is 4.90 Å². The lowest BCUT2D eigenvalue weighted by Gasteiger charge is -2.33. The van der Waals surface area contributed by atoms with Crippen molar-refractivity contribution in [1.29, 1.82) is 0 Å². The van der Waals surface area contributed by atoms with E-state index in [0.717, 1.165) is 14.3 Å². The molecule has 1 N–H and O–H groups in total. The highest BCUT2D eigenvalue weighted by molar-refractivity contribution is 9.10. The van der Waals surface area contributed by atoms with E-state index in [9.17, 15) is 23.1 Å². The number of rotatable bonds is 6. The number of carboxylic acid groups (broad SMARTS) is 1. The van der Waals surface area contributed by atoms with Gasteiger partial charge in [-0.3, -0.25) is 14.2 Å². The molecule has 5 rings (SSSR count). The Labute approximate surface area is 238 Å². The third kappa shape index (κ3) is 4.54. The number of fused-ring (bicyclic) bond motifs is 1. The van der Waals surface area contributed by atoms with Crippen molar-refractivity contribution in [3.05, 3.63) is 68.7 Å². The number of carboxylic acids is 1. The summed E-state index contributed by atoms with van der Waals surface area (Å²) in [6.45, 7) is 1.71. The number of carbonyl (C=O) groups is 2. The number of sulfonamides is 1. The second-order valence-corrected chi connectivity index (χ2v) is 13.2. The first kappa shape index (κ1) is 27.1.